The van der Waals surface area contributed by atoms with E-state index in [0.717, 1.165) is 6.20 Å². The molecule has 3 aromatic rings. The summed E-state index contributed by atoms with van der Waals surface area (Å²) in [6.07, 6.45) is 4.76. The molecule has 34 heavy (non-hydrogen) atoms. The van der Waals surface area contributed by atoms with Crippen molar-refractivity contribution >= 4 is 40.8 Å². The highest BCUT2D eigenvalue weighted by Crippen LogP contribution is 2.30. The smallest absolute Gasteiger partial charge is 0.358 e. The van der Waals surface area contributed by atoms with Gasteiger partial charge in [0.2, 0.25) is 0 Å². The number of methoxy groups -OCH3 is 1. The average molecular weight is 486 g/mol. The molecule has 0 amide bonds. The Morgan fingerprint density at radius 1 is 1.38 bits per heavy atom. The number of esters is 1. The van der Waals surface area contributed by atoms with Gasteiger partial charge in [0.1, 0.15) is 22.4 Å². The van der Waals surface area contributed by atoms with Gasteiger partial charge in [0, 0.05) is 18.3 Å². The van der Waals surface area contributed by atoms with E-state index in [0.29, 0.717) is 48.0 Å². The second-order valence-electron chi connectivity index (χ2n) is 8.04. The summed E-state index contributed by atoms with van der Waals surface area (Å²) in [4.78, 5) is 36.4. The van der Waals surface area contributed by atoms with Crippen LogP contribution in [-0.2, 0) is 9.47 Å². The molecule has 5 heterocycles. The zero-order valence-corrected chi connectivity index (χ0v) is 19.2. The van der Waals surface area contributed by atoms with Gasteiger partial charge in [-0.1, -0.05) is 17.7 Å². The Morgan fingerprint density at radius 3 is 3.00 bits per heavy atom. The zero-order valence-electron chi connectivity index (χ0n) is 18.4. The van der Waals surface area contributed by atoms with Crippen molar-refractivity contribution in [1.82, 2.24) is 14.4 Å². The molecular formula is C23H21ClFN5O4. The van der Waals surface area contributed by atoms with E-state index in [1.807, 2.05) is 11.0 Å². The van der Waals surface area contributed by atoms with E-state index in [-0.39, 0.29) is 22.4 Å². The van der Waals surface area contributed by atoms with Crippen LogP contribution in [-0.4, -0.2) is 53.2 Å². The second-order valence-corrected chi connectivity index (χ2v) is 8.43. The number of nitrogens with one attached hydrogen (secondary N) is 1. The largest absolute Gasteiger partial charge is 0.464 e. The van der Waals surface area contributed by atoms with Crippen LogP contribution in [0.2, 0.25) is 5.15 Å². The van der Waals surface area contributed by atoms with Crippen molar-refractivity contribution < 1.29 is 18.7 Å². The van der Waals surface area contributed by atoms with Gasteiger partial charge in [0.15, 0.2) is 5.69 Å². The number of hydrogen-bond acceptors (Lipinski definition) is 8. The fraction of sp³-hybridized carbons (Fsp3) is 0.304. The number of rotatable bonds is 4. The molecule has 5 rings (SSSR count). The van der Waals surface area contributed by atoms with Crippen molar-refractivity contribution in [1.29, 1.82) is 0 Å². The summed E-state index contributed by atoms with van der Waals surface area (Å²) in [5.74, 6) is -0.717. The van der Waals surface area contributed by atoms with E-state index in [4.69, 9.17) is 26.1 Å². The third kappa shape index (κ3) is 3.78. The number of carbonyl (C=O) groups is 1. The number of ether oxygens (including phenoxy) is 2. The molecule has 0 aliphatic carbocycles. The van der Waals surface area contributed by atoms with Crippen molar-refractivity contribution in [2.24, 2.45) is 0 Å². The molecule has 0 bridgehead atoms. The van der Waals surface area contributed by atoms with Crippen LogP contribution in [0.25, 0.3) is 11.7 Å². The molecule has 176 valence electrons. The number of hydrogen-bond donors (Lipinski definition) is 1. The Morgan fingerprint density at radius 2 is 2.21 bits per heavy atom. The first-order valence-electron chi connectivity index (χ1n) is 10.7. The highest BCUT2D eigenvalue weighted by atomic mass is 35.5. The number of halogens is 2. The van der Waals surface area contributed by atoms with Crippen molar-refractivity contribution in [3.8, 4) is 0 Å². The molecule has 11 heteroatoms. The Hall–Kier alpha value is -3.50. The maximum Gasteiger partial charge on any atom is 0.358 e. The van der Waals surface area contributed by atoms with Crippen molar-refractivity contribution in [3.63, 3.8) is 0 Å². The number of fused-ring (bicyclic) bond motifs is 4. The molecule has 0 unspecified atom stereocenters. The van der Waals surface area contributed by atoms with Gasteiger partial charge < -0.3 is 19.7 Å². The third-order valence-electron chi connectivity index (χ3n) is 5.94. The minimum Gasteiger partial charge on any atom is -0.464 e. The van der Waals surface area contributed by atoms with Crippen molar-refractivity contribution in [2.45, 2.75) is 19.0 Å². The lowest BCUT2D eigenvalue weighted by Crippen LogP contribution is -2.47. The van der Waals surface area contributed by atoms with Gasteiger partial charge >= 0.3 is 5.97 Å². The predicted molar refractivity (Wildman–Crippen MR) is 125 cm³/mol. The molecule has 2 aliphatic rings. The van der Waals surface area contributed by atoms with Crippen LogP contribution in [0.5, 0.6) is 0 Å². The van der Waals surface area contributed by atoms with E-state index in [2.05, 4.69) is 10.3 Å². The average Bonchev–Trinajstić information content (AvgIpc) is 2.84. The van der Waals surface area contributed by atoms with E-state index in [9.17, 15) is 14.0 Å². The van der Waals surface area contributed by atoms with Gasteiger partial charge in [-0.05, 0) is 31.2 Å². The number of morpholine rings is 1. The molecule has 9 nitrogen and oxygen atoms in total. The van der Waals surface area contributed by atoms with Gasteiger partial charge in [-0.2, -0.15) is 0 Å². The molecule has 2 aliphatic heterocycles. The summed E-state index contributed by atoms with van der Waals surface area (Å²) in [7, 11) is 1.24. The summed E-state index contributed by atoms with van der Waals surface area (Å²) >= 11 is 5.95. The molecule has 0 aromatic carbocycles. The van der Waals surface area contributed by atoms with Gasteiger partial charge in [0.05, 0.1) is 43.7 Å². The highest BCUT2D eigenvalue weighted by Gasteiger charge is 2.30. The van der Waals surface area contributed by atoms with Gasteiger partial charge in [-0.15, -0.1) is 0 Å². The van der Waals surface area contributed by atoms with Crippen LogP contribution in [0, 0.1) is 5.82 Å². The van der Waals surface area contributed by atoms with E-state index >= 15 is 0 Å². The molecule has 2 atom stereocenters. The fourth-order valence-electron chi connectivity index (χ4n) is 4.28. The topological polar surface area (TPSA) is 98.1 Å². The monoisotopic (exact) mass is 485 g/mol. The van der Waals surface area contributed by atoms with Crippen LogP contribution in [0.15, 0.2) is 35.3 Å². The van der Waals surface area contributed by atoms with Crippen molar-refractivity contribution in [2.75, 3.05) is 37.1 Å². The molecule has 1 N–H and O–H groups in total. The van der Waals surface area contributed by atoms with Crippen LogP contribution in [0.4, 0.5) is 15.9 Å². The van der Waals surface area contributed by atoms with E-state index in [1.165, 1.54) is 23.6 Å². The lowest BCUT2D eigenvalue weighted by molar-refractivity contribution is 0.0595. The minimum absolute atomic E-state index is 0.00800. The maximum atomic E-state index is 14.6. The molecule has 0 radical (unpaired) electrons. The van der Waals surface area contributed by atoms with Crippen LogP contribution in [0.3, 0.4) is 0 Å². The van der Waals surface area contributed by atoms with Gasteiger partial charge in [-0.3, -0.25) is 9.20 Å². The Labute approximate surface area is 198 Å². The highest BCUT2D eigenvalue weighted by molar-refractivity contribution is 6.29. The summed E-state index contributed by atoms with van der Waals surface area (Å²) in [6, 6.07) is 3.86. The van der Waals surface area contributed by atoms with Crippen molar-refractivity contribution in [3.05, 3.63) is 68.6 Å². The number of anilines is 2. The zero-order chi connectivity index (χ0) is 24.0. The van der Waals surface area contributed by atoms with Crippen LogP contribution in [0.1, 0.15) is 34.6 Å². The first kappa shape index (κ1) is 22.3. The van der Waals surface area contributed by atoms with Gasteiger partial charge in [0.25, 0.3) is 5.56 Å². The normalized spacial score (nSPS) is 17.8. The molecule has 0 saturated carbocycles. The number of carbonyl (C=O) groups excluding carboxylic acids is 1. The summed E-state index contributed by atoms with van der Waals surface area (Å²) in [6.45, 7) is 3.39. The minimum atomic E-state index is -0.671. The molecule has 3 aromatic heterocycles. The SMILES string of the molecule is COC(=O)c1nc(Cl)ccc1N[C@H](C)c1cc(F)cn2c(=O)c3c(nc12)N1CCOC[C@H]1C=C3. The summed E-state index contributed by atoms with van der Waals surface area (Å²) in [5, 5.41) is 3.28. The lowest BCUT2D eigenvalue weighted by Gasteiger charge is -2.37. The van der Waals surface area contributed by atoms with Gasteiger partial charge in [-0.25, -0.2) is 19.2 Å². The fourth-order valence-corrected chi connectivity index (χ4v) is 4.43. The van der Waals surface area contributed by atoms with Crippen LogP contribution >= 0.6 is 11.6 Å². The number of aromatic nitrogens is 3. The lowest BCUT2D eigenvalue weighted by atomic mass is 10.1. The second kappa shape index (κ2) is 8.69. The molecule has 0 spiro atoms. The summed E-state index contributed by atoms with van der Waals surface area (Å²) in [5.41, 5.74) is 1.13. The quantitative estimate of drug-likeness (QED) is 0.445. The maximum absolute atomic E-state index is 14.6. The molecule has 1 fully saturated rings. The Balaban J connectivity index is 1.62. The molecule has 1 saturated heterocycles. The number of pyridine rings is 2. The van der Waals surface area contributed by atoms with E-state index in [1.54, 1.807) is 19.1 Å². The summed E-state index contributed by atoms with van der Waals surface area (Å²) < 4.78 is 26.2. The Kier molecular flexibility index (Phi) is 5.70. The first-order chi connectivity index (χ1) is 16.4. The molecular weight excluding hydrogens is 465 g/mol. The standard InChI is InChI=1S/C23H21ClFN5O4/c1-12(26-17-5-6-18(24)27-19(17)23(32)33-2)16-9-13(25)10-30-21(16)28-20-15(22(30)31)4-3-14-11-34-8-7-29(14)20/h3-6,9-10,12,14,26H,7-8,11H2,1-2H3/t12-,14-/m1/s1. The number of nitrogens with zero attached hydrogens (tertiary/aromatic N) is 4. The van der Waals surface area contributed by atoms with E-state index < -0.39 is 17.8 Å². The third-order valence-corrected chi connectivity index (χ3v) is 6.15. The van der Waals surface area contributed by atoms with Crippen LogP contribution < -0.4 is 15.8 Å². The Bertz CT molecular complexity index is 1390. The first-order valence-corrected chi connectivity index (χ1v) is 11.0. The predicted octanol–water partition coefficient (Wildman–Crippen LogP) is 3.07.